The molecule has 2 heterocycles. The van der Waals surface area contributed by atoms with E-state index in [4.69, 9.17) is 0 Å². The number of rotatable bonds is 5. The third kappa shape index (κ3) is 2.46. The first-order chi connectivity index (χ1) is 7.77. The molecule has 0 aromatic carbocycles. The number of hydrogen-bond donors (Lipinski definition) is 1. The molecule has 16 heavy (non-hydrogen) atoms. The van der Waals surface area contributed by atoms with E-state index in [1.165, 1.54) is 0 Å². The van der Waals surface area contributed by atoms with Crippen molar-refractivity contribution in [3.63, 3.8) is 0 Å². The zero-order chi connectivity index (χ0) is 11.4. The van der Waals surface area contributed by atoms with Gasteiger partial charge in [-0.3, -0.25) is 4.68 Å². The molecule has 0 saturated heterocycles. The molecule has 0 aliphatic rings. The fourth-order valence-electron chi connectivity index (χ4n) is 1.43. The molecule has 86 valence electrons. The van der Waals surface area contributed by atoms with E-state index in [9.17, 15) is 0 Å². The molecule has 6 nitrogen and oxygen atoms in total. The van der Waals surface area contributed by atoms with Gasteiger partial charge >= 0.3 is 0 Å². The highest BCUT2D eigenvalue weighted by atomic mass is 15.3. The van der Waals surface area contributed by atoms with Crippen molar-refractivity contribution in [2.75, 3.05) is 6.54 Å². The monoisotopic (exact) mass is 220 g/mol. The normalized spacial score (nSPS) is 10.9. The zero-order valence-corrected chi connectivity index (χ0v) is 9.59. The predicted octanol–water partition coefficient (Wildman–Crippen LogP) is 0.110. The second kappa shape index (κ2) is 4.89. The van der Waals surface area contributed by atoms with E-state index in [0.717, 1.165) is 31.3 Å². The van der Waals surface area contributed by atoms with Crippen LogP contribution in [0.3, 0.4) is 0 Å². The average molecular weight is 220 g/mol. The first kappa shape index (κ1) is 10.8. The van der Waals surface area contributed by atoms with Crippen LogP contribution in [0.15, 0.2) is 18.5 Å². The van der Waals surface area contributed by atoms with Crippen LogP contribution in [0.2, 0.25) is 0 Å². The van der Waals surface area contributed by atoms with Gasteiger partial charge in [-0.15, -0.1) is 10.2 Å². The van der Waals surface area contributed by atoms with Crippen molar-refractivity contribution in [2.24, 2.45) is 7.05 Å². The maximum absolute atomic E-state index is 4.13. The summed E-state index contributed by atoms with van der Waals surface area (Å²) in [6.45, 7) is 4.41. The summed E-state index contributed by atoms with van der Waals surface area (Å²) in [7, 11) is 1.97. The molecule has 0 radical (unpaired) electrons. The lowest BCUT2D eigenvalue weighted by molar-refractivity contribution is 0.541. The van der Waals surface area contributed by atoms with Gasteiger partial charge in [-0.1, -0.05) is 0 Å². The van der Waals surface area contributed by atoms with Crippen LogP contribution < -0.4 is 5.32 Å². The number of nitrogens with one attached hydrogen (secondary N) is 1. The molecule has 0 aliphatic carbocycles. The van der Waals surface area contributed by atoms with Gasteiger partial charge in [0.05, 0.1) is 13.1 Å². The van der Waals surface area contributed by atoms with Gasteiger partial charge in [-0.2, -0.15) is 5.10 Å². The maximum Gasteiger partial charge on any atom is 0.146 e. The van der Waals surface area contributed by atoms with Crippen molar-refractivity contribution >= 4 is 0 Å². The second-order valence-electron chi connectivity index (χ2n) is 3.67. The summed E-state index contributed by atoms with van der Waals surface area (Å²) in [5, 5.41) is 15.5. The number of nitrogens with zero attached hydrogens (tertiary/aromatic N) is 5. The Morgan fingerprint density at radius 3 is 2.88 bits per heavy atom. The Balaban J connectivity index is 1.74. The van der Waals surface area contributed by atoms with Gasteiger partial charge < -0.3 is 9.88 Å². The number of aryl methyl sites for hydroxylation is 1. The molecule has 6 heteroatoms. The zero-order valence-electron chi connectivity index (χ0n) is 9.59. The summed E-state index contributed by atoms with van der Waals surface area (Å²) < 4.78 is 3.88. The Morgan fingerprint density at radius 1 is 1.38 bits per heavy atom. The number of aromatic nitrogens is 5. The molecular weight excluding hydrogens is 204 g/mol. The molecule has 0 aliphatic heterocycles. The van der Waals surface area contributed by atoms with Crippen LogP contribution in [0.1, 0.15) is 11.6 Å². The average Bonchev–Trinajstić information content (AvgIpc) is 2.88. The highest BCUT2D eigenvalue weighted by molar-refractivity contribution is 4.91. The van der Waals surface area contributed by atoms with E-state index in [2.05, 4.69) is 20.6 Å². The van der Waals surface area contributed by atoms with Crippen LogP contribution in [0.4, 0.5) is 0 Å². The van der Waals surface area contributed by atoms with Gasteiger partial charge in [0, 0.05) is 26.0 Å². The number of hydrogen-bond acceptors (Lipinski definition) is 4. The van der Waals surface area contributed by atoms with Crippen molar-refractivity contribution in [3.05, 3.63) is 30.1 Å². The summed E-state index contributed by atoms with van der Waals surface area (Å²) in [6, 6.07) is 1.92. The van der Waals surface area contributed by atoms with Crippen LogP contribution in [0.5, 0.6) is 0 Å². The third-order valence-electron chi connectivity index (χ3n) is 2.54. The van der Waals surface area contributed by atoms with E-state index < -0.39 is 0 Å². The van der Waals surface area contributed by atoms with E-state index in [1.54, 1.807) is 6.20 Å². The molecule has 2 rings (SSSR count). The van der Waals surface area contributed by atoms with E-state index in [0.29, 0.717) is 0 Å². The van der Waals surface area contributed by atoms with Crippen LogP contribution in [-0.2, 0) is 20.1 Å². The molecule has 0 fully saturated rings. The SMILES string of the molecule is Cc1nnc(CNCCn2cccn2)n1C. The minimum absolute atomic E-state index is 0.735. The van der Waals surface area contributed by atoms with Crippen molar-refractivity contribution in [1.82, 2.24) is 29.9 Å². The standard InChI is InChI=1S/C10H16N6/c1-9-13-14-10(15(9)2)8-11-5-7-16-6-3-4-12-16/h3-4,6,11H,5,7-8H2,1-2H3. The van der Waals surface area contributed by atoms with Crippen LogP contribution in [0, 0.1) is 6.92 Å². The van der Waals surface area contributed by atoms with Crippen molar-refractivity contribution < 1.29 is 0 Å². The van der Waals surface area contributed by atoms with Crippen molar-refractivity contribution in [1.29, 1.82) is 0 Å². The van der Waals surface area contributed by atoms with E-state index in [1.807, 2.05) is 35.5 Å². The van der Waals surface area contributed by atoms with E-state index in [-0.39, 0.29) is 0 Å². The molecular formula is C10H16N6. The Kier molecular flexibility index (Phi) is 3.31. The molecule has 1 N–H and O–H groups in total. The van der Waals surface area contributed by atoms with Gasteiger partial charge in [0.1, 0.15) is 11.6 Å². The Bertz CT molecular complexity index is 430. The topological polar surface area (TPSA) is 60.6 Å². The Hall–Kier alpha value is -1.69. The first-order valence-electron chi connectivity index (χ1n) is 5.30. The highest BCUT2D eigenvalue weighted by Crippen LogP contribution is 1.96. The quantitative estimate of drug-likeness (QED) is 0.727. The third-order valence-corrected chi connectivity index (χ3v) is 2.54. The van der Waals surface area contributed by atoms with Gasteiger partial charge in [0.2, 0.25) is 0 Å². The lowest BCUT2D eigenvalue weighted by atomic mass is 10.5. The molecule has 2 aromatic heterocycles. The molecule has 0 saturated carbocycles. The smallest absolute Gasteiger partial charge is 0.146 e. The molecule has 0 atom stereocenters. The van der Waals surface area contributed by atoms with Gasteiger partial charge in [0.15, 0.2) is 0 Å². The maximum atomic E-state index is 4.13. The lowest BCUT2D eigenvalue weighted by Gasteiger charge is -2.04. The van der Waals surface area contributed by atoms with Crippen LogP contribution in [-0.4, -0.2) is 31.1 Å². The van der Waals surface area contributed by atoms with Crippen molar-refractivity contribution in [3.8, 4) is 0 Å². The minimum Gasteiger partial charge on any atom is -0.317 e. The summed E-state index contributed by atoms with van der Waals surface area (Å²) in [5.74, 6) is 1.89. The summed E-state index contributed by atoms with van der Waals surface area (Å²) >= 11 is 0. The molecule has 0 bridgehead atoms. The van der Waals surface area contributed by atoms with Gasteiger partial charge in [0.25, 0.3) is 0 Å². The molecule has 0 unspecified atom stereocenters. The van der Waals surface area contributed by atoms with Gasteiger partial charge in [-0.05, 0) is 13.0 Å². The largest absolute Gasteiger partial charge is 0.317 e. The lowest BCUT2D eigenvalue weighted by Crippen LogP contribution is -2.21. The van der Waals surface area contributed by atoms with Crippen LogP contribution >= 0.6 is 0 Å². The van der Waals surface area contributed by atoms with Crippen molar-refractivity contribution in [2.45, 2.75) is 20.0 Å². The molecule has 2 aromatic rings. The first-order valence-corrected chi connectivity index (χ1v) is 5.30. The highest BCUT2D eigenvalue weighted by Gasteiger charge is 2.03. The summed E-state index contributed by atoms with van der Waals surface area (Å²) in [5.41, 5.74) is 0. The summed E-state index contributed by atoms with van der Waals surface area (Å²) in [6.07, 6.45) is 3.74. The minimum atomic E-state index is 0.735. The predicted molar refractivity (Wildman–Crippen MR) is 59.7 cm³/mol. The van der Waals surface area contributed by atoms with Gasteiger partial charge in [-0.25, -0.2) is 0 Å². The van der Waals surface area contributed by atoms with E-state index >= 15 is 0 Å². The fraction of sp³-hybridized carbons (Fsp3) is 0.500. The second-order valence-corrected chi connectivity index (χ2v) is 3.67. The molecule has 0 amide bonds. The molecule has 0 spiro atoms. The fourth-order valence-corrected chi connectivity index (χ4v) is 1.43. The Labute approximate surface area is 94.3 Å². The summed E-state index contributed by atoms with van der Waals surface area (Å²) in [4.78, 5) is 0. The Morgan fingerprint density at radius 2 is 2.25 bits per heavy atom. The van der Waals surface area contributed by atoms with Crippen LogP contribution in [0.25, 0.3) is 0 Å².